The molecule has 5 N–H and O–H groups in total. The number of fused-ring (bicyclic) bond motifs is 2. The minimum Gasteiger partial charge on any atom is -0.508 e. The van der Waals surface area contributed by atoms with Crippen molar-refractivity contribution < 1.29 is 9.94 Å². The Kier molecular flexibility index (Phi) is 6.07. The second-order valence-electron chi connectivity index (χ2n) is 9.96. The summed E-state index contributed by atoms with van der Waals surface area (Å²) in [5, 5.41) is 9.95. The number of nitrogens with one attached hydrogen (secondary N) is 2. The number of phenols is 1. The van der Waals surface area contributed by atoms with Crippen LogP contribution in [0.4, 0.5) is 11.6 Å². The number of benzene rings is 3. The lowest BCUT2D eigenvalue weighted by Crippen LogP contribution is -2.43. The number of aromatic nitrogens is 2. The lowest BCUT2D eigenvalue weighted by atomic mass is 9.83. The third-order valence-corrected chi connectivity index (χ3v) is 7.36. The fraction of sp³-hybridized carbons (Fsp3) is 0.125. The van der Waals surface area contributed by atoms with Crippen molar-refractivity contribution in [3.63, 3.8) is 0 Å². The van der Waals surface area contributed by atoms with E-state index in [1.165, 1.54) is 0 Å². The Morgan fingerprint density at radius 3 is 2.69 bits per heavy atom. The highest BCUT2D eigenvalue weighted by Crippen LogP contribution is 2.50. The Morgan fingerprint density at radius 1 is 1.07 bits per heavy atom. The number of guanidine groups is 1. The number of rotatable bonds is 8. The maximum Gasteiger partial charge on any atom is 0.232 e. The monoisotopic (exact) mass is 554 g/mol. The van der Waals surface area contributed by atoms with Crippen LogP contribution in [0.5, 0.6) is 11.5 Å². The molecule has 7 rings (SSSR count). The lowest BCUT2D eigenvalue weighted by molar-refractivity contribution is 0.195. The van der Waals surface area contributed by atoms with E-state index in [1.54, 1.807) is 30.5 Å². The van der Waals surface area contributed by atoms with Crippen molar-refractivity contribution in [1.82, 2.24) is 20.3 Å². The largest absolute Gasteiger partial charge is 0.508 e. The zero-order valence-corrected chi connectivity index (χ0v) is 22.5. The summed E-state index contributed by atoms with van der Waals surface area (Å²) in [4.78, 5) is 30.8. The van der Waals surface area contributed by atoms with Gasteiger partial charge in [0.2, 0.25) is 5.96 Å². The number of phenolic OH excluding ortho intramolecular Hbond substituents is 1. The Balaban J connectivity index is 1.41. The van der Waals surface area contributed by atoms with Gasteiger partial charge >= 0.3 is 0 Å². The number of para-hydroxylation sites is 1. The van der Waals surface area contributed by atoms with E-state index in [2.05, 4.69) is 26.4 Å². The molecule has 0 saturated carbocycles. The van der Waals surface area contributed by atoms with Crippen molar-refractivity contribution in [2.45, 2.75) is 18.4 Å². The van der Waals surface area contributed by atoms with Gasteiger partial charge in [0.25, 0.3) is 0 Å². The maximum absolute atomic E-state index is 9.95. The van der Waals surface area contributed by atoms with Crippen LogP contribution in [0.25, 0.3) is 17.0 Å². The van der Waals surface area contributed by atoms with Gasteiger partial charge in [0.05, 0.1) is 22.8 Å². The molecule has 3 aliphatic heterocycles. The minimum absolute atomic E-state index is 0.151. The number of unbranched alkanes of at least 4 members (excludes halogenated alkanes) is 1. The zero-order valence-electron chi connectivity index (χ0n) is 22.5. The van der Waals surface area contributed by atoms with Gasteiger partial charge in [0, 0.05) is 30.3 Å². The fourth-order valence-corrected chi connectivity index (χ4v) is 5.46. The molecular weight excluding hydrogens is 528 g/mol. The summed E-state index contributed by atoms with van der Waals surface area (Å²) in [6.45, 7) is 0.630. The van der Waals surface area contributed by atoms with E-state index in [9.17, 15) is 5.11 Å². The third-order valence-electron chi connectivity index (χ3n) is 7.36. The highest BCUT2D eigenvalue weighted by Gasteiger charge is 2.54. The molecule has 0 fully saturated rings. The predicted octanol–water partition coefficient (Wildman–Crippen LogP) is 4.75. The number of allylic oxidation sites excluding steroid dienone is 1. The van der Waals surface area contributed by atoms with Gasteiger partial charge in [-0.3, -0.25) is 4.90 Å². The SMILES string of the molecule is C#CCCCNOc1ccc(C2(c3[nH]c(N)nc3-c3ccc(O)cc3)N=C3N=CC=C4c5ccccc5N=C2N43)cc1. The minimum atomic E-state index is -1.19. The summed E-state index contributed by atoms with van der Waals surface area (Å²) in [5.74, 6) is 4.78. The van der Waals surface area contributed by atoms with E-state index in [0.717, 1.165) is 34.5 Å². The van der Waals surface area contributed by atoms with Gasteiger partial charge in [0.15, 0.2) is 17.3 Å². The highest BCUT2D eigenvalue weighted by atomic mass is 16.6. The fourth-order valence-electron chi connectivity index (χ4n) is 5.46. The number of aromatic hydroxyl groups is 1. The number of hydrogen-bond donors (Lipinski definition) is 4. The standard InChI is InChI=1S/C32H26N8O2/c1-2-3-6-18-35-42-23-15-11-21(12-16-23)32(28-27(37-30(33)38-28)20-9-13-22(41)14-10-20)29-36-25-8-5-4-7-24(25)26-17-19-34-31(39-32)40(26)29/h1,4-5,7-17,19,35,41H,3,6,18H2,(H3,33,37,38). The second-order valence-corrected chi connectivity index (χ2v) is 9.96. The van der Waals surface area contributed by atoms with Gasteiger partial charge in [-0.2, -0.15) is 5.48 Å². The van der Waals surface area contributed by atoms with E-state index in [0.29, 0.717) is 41.9 Å². The Hall–Kier alpha value is -5.66. The number of nitrogens with two attached hydrogens (primary N) is 1. The van der Waals surface area contributed by atoms with Crippen LogP contribution in [-0.4, -0.2) is 44.5 Å². The topological polar surface area (TPSA) is 137 Å². The van der Waals surface area contributed by atoms with Crippen molar-refractivity contribution in [2.75, 3.05) is 12.3 Å². The predicted molar refractivity (Wildman–Crippen MR) is 163 cm³/mol. The number of nitrogens with zero attached hydrogens (tertiary/aromatic N) is 5. The Morgan fingerprint density at radius 2 is 1.88 bits per heavy atom. The number of hydrogen-bond acceptors (Lipinski definition) is 9. The van der Waals surface area contributed by atoms with E-state index in [-0.39, 0.29) is 11.7 Å². The number of amidine groups is 1. The molecule has 1 unspecified atom stereocenters. The van der Waals surface area contributed by atoms with Crippen LogP contribution in [-0.2, 0) is 5.54 Å². The summed E-state index contributed by atoms with van der Waals surface area (Å²) < 4.78 is 0. The highest BCUT2D eigenvalue weighted by molar-refractivity contribution is 6.24. The molecule has 42 heavy (non-hydrogen) atoms. The molecule has 4 heterocycles. The van der Waals surface area contributed by atoms with Crippen LogP contribution in [0, 0.1) is 12.3 Å². The molecule has 1 atom stereocenters. The quantitative estimate of drug-likeness (QED) is 0.141. The average Bonchev–Trinajstić information content (AvgIpc) is 3.57. The van der Waals surface area contributed by atoms with Crippen LogP contribution in [0.1, 0.15) is 29.7 Å². The number of aliphatic imine (C=N–C) groups is 3. The van der Waals surface area contributed by atoms with Crippen LogP contribution in [0.3, 0.4) is 0 Å². The van der Waals surface area contributed by atoms with E-state index < -0.39 is 5.54 Å². The van der Waals surface area contributed by atoms with Crippen molar-refractivity contribution in [2.24, 2.45) is 15.0 Å². The summed E-state index contributed by atoms with van der Waals surface area (Å²) >= 11 is 0. The van der Waals surface area contributed by atoms with Crippen LogP contribution in [0.2, 0.25) is 0 Å². The molecule has 3 aromatic carbocycles. The normalized spacial score (nSPS) is 18.0. The molecule has 4 aromatic rings. The molecular formula is C32H26N8O2. The van der Waals surface area contributed by atoms with Gasteiger partial charge in [-0.15, -0.1) is 12.3 Å². The Bertz CT molecular complexity index is 1840. The maximum atomic E-state index is 9.95. The zero-order chi connectivity index (χ0) is 28.7. The molecule has 10 heteroatoms. The van der Waals surface area contributed by atoms with Crippen molar-refractivity contribution in [3.8, 4) is 35.1 Å². The number of hydroxylamine groups is 1. The summed E-state index contributed by atoms with van der Waals surface area (Å²) in [5.41, 5.74) is 13.6. The molecule has 0 spiro atoms. The second kappa shape index (κ2) is 10.1. The number of terminal acetylenes is 1. The number of nitrogen functional groups attached to an aromatic ring is 1. The van der Waals surface area contributed by atoms with Crippen LogP contribution in [0.15, 0.2) is 93.8 Å². The van der Waals surface area contributed by atoms with Crippen molar-refractivity contribution >= 4 is 35.3 Å². The number of imidazole rings is 1. The molecule has 0 radical (unpaired) electrons. The molecule has 1 aromatic heterocycles. The Labute approximate surface area is 242 Å². The van der Waals surface area contributed by atoms with Gasteiger partial charge in [-0.05, 0) is 60.5 Å². The number of aromatic amines is 1. The molecule has 3 aliphatic rings. The summed E-state index contributed by atoms with van der Waals surface area (Å²) in [6.07, 6.45) is 10.5. The molecule has 0 bridgehead atoms. The van der Waals surface area contributed by atoms with Crippen LogP contribution < -0.4 is 16.1 Å². The summed E-state index contributed by atoms with van der Waals surface area (Å²) in [7, 11) is 0. The first-order valence-corrected chi connectivity index (χ1v) is 13.5. The molecule has 0 amide bonds. The molecule has 0 saturated heterocycles. The summed E-state index contributed by atoms with van der Waals surface area (Å²) in [6, 6.07) is 22.5. The van der Waals surface area contributed by atoms with Gasteiger partial charge in [-0.25, -0.2) is 20.0 Å². The smallest absolute Gasteiger partial charge is 0.232 e. The van der Waals surface area contributed by atoms with Crippen molar-refractivity contribution in [1.29, 1.82) is 0 Å². The van der Waals surface area contributed by atoms with Gasteiger partial charge < -0.3 is 20.7 Å². The van der Waals surface area contributed by atoms with Gasteiger partial charge in [0.1, 0.15) is 11.5 Å². The molecule has 10 nitrogen and oxygen atoms in total. The van der Waals surface area contributed by atoms with E-state index in [1.807, 2.05) is 59.5 Å². The first-order valence-electron chi connectivity index (χ1n) is 13.5. The first-order chi connectivity index (χ1) is 20.6. The van der Waals surface area contributed by atoms with Gasteiger partial charge in [-0.1, -0.05) is 30.3 Å². The van der Waals surface area contributed by atoms with E-state index >= 15 is 0 Å². The average molecular weight is 555 g/mol. The third kappa shape index (κ3) is 4.03. The molecule has 206 valence electrons. The number of H-pyrrole nitrogens is 1. The number of anilines is 1. The van der Waals surface area contributed by atoms with Crippen molar-refractivity contribution in [3.05, 3.63) is 95.7 Å². The lowest BCUT2D eigenvalue weighted by Gasteiger charge is -2.34. The van der Waals surface area contributed by atoms with Crippen LogP contribution >= 0.6 is 0 Å². The molecule has 0 aliphatic carbocycles. The first kappa shape index (κ1) is 25.3. The van der Waals surface area contributed by atoms with E-state index in [4.69, 9.17) is 27.0 Å².